The van der Waals surface area contributed by atoms with Gasteiger partial charge in [0.05, 0.1) is 0 Å². The third-order valence-corrected chi connectivity index (χ3v) is 1.32. The molecule has 0 fully saturated rings. The molecule has 0 rings (SSSR count). The highest BCUT2D eigenvalue weighted by atomic mass is 32.2. The quantitative estimate of drug-likeness (QED) is 0.273. The Kier molecular flexibility index (Phi) is 2.56. The highest BCUT2D eigenvalue weighted by Gasteiger charge is 1.94. The summed E-state index contributed by atoms with van der Waals surface area (Å²) < 4.78 is 20.0. The van der Waals surface area contributed by atoms with E-state index >= 15 is 0 Å². The van der Waals surface area contributed by atoms with Crippen LogP contribution in [0.1, 0.15) is 11.0 Å². The molecule has 0 aromatic carbocycles. The Morgan fingerprint density at radius 3 is 3.10 bits per heavy atom. The molecule has 0 bridgehead atoms. The van der Waals surface area contributed by atoms with E-state index in [9.17, 15) is 4.79 Å². The van der Waals surface area contributed by atoms with Gasteiger partial charge in [-0.15, -0.1) is 11.8 Å². The van der Waals surface area contributed by atoms with Crippen molar-refractivity contribution in [2.75, 3.05) is 13.2 Å². The van der Waals surface area contributed by atoms with Crippen LogP contribution in [-0.2, 0) is 4.84 Å². The molecule has 58 valence electrons. The Morgan fingerprint density at radius 2 is 2.60 bits per heavy atom. The summed E-state index contributed by atoms with van der Waals surface area (Å²) in [5.74, 6) is 0. The molecule has 0 atom stereocenters. The molecule has 4 nitrogen and oxygen atoms in total. The summed E-state index contributed by atoms with van der Waals surface area (Å²) in [6, 6.07) is 0. The van der Waals surface area contributed by atoms with E-state index in [0.717, 1.165) is 0 Å². The third-order valence-electron chi connectivity index (χ3n) is 0.655. The molecule has 0 aromatic heterocycles. The Morgan fingerprint density at radius 1 is 1.90 bits per heavy atom. The largest absolute Gasteiger partial charge is 0.433 e. The van der Waals surface area contributed by atoms with E-state index in [1.165, 1.54) is 11.8 Å². The van der Waals surface area contributed by atoms with Crippen LogP contribution in [0.4, 0.5) is 4.79 Å². The number of amides is 1. The van der Waals surface area contributed by atoms with Crippen molar-refractivity contribution >= 4 is 22.9 Å². The number of oxime groups is 1. The fourth-order valence-corrected chi connectivity index (χ4v) is 0.278. The van der Waals surface area contributed by atoms with Crippen molar-refractivity contribution in [3.8, 4) is 0 Å². The molecular weight excluding hydrogens is 152 g/mol. The van der Waals surface area contributed by atoms with E-state index in [1.807, 2.05) is 0 Å². The first kappa shape index (κ1) is 5.01. The first-order chi connectivity index (χ1) is 5.85. The Balaban J connectivity index is 3.90. The lowest BCUT2D eigenvalue weighted by Gasteiger charge is -1.95. The zero-order valence-electron chi connectivity index (χ0n) is 8.67. The van der Waals surface area contributed by atoms with Crippen LogP contribution in [-0.4, -0.2) is 24.4 Å². The van der Waals surface area contributed by atoms with E-state index in [2.05, 4.69) is 9.99 Å². The summed E-state index contributed by atoms with van der Waals surface area (Å²) in [7, 11) is 0. The van der Waals surface area contributed by atoms with Crippen LogP contribution < -0.4 is 5.32 Å². The Hall–Kier alpha value is -0.710. The second kappa shape index (κ2) is 5.10. The summed E-state index contributed by atoms with van der Waals surface area (Å²) in [5.41, 5.74) is 0. The summed E-state index contributed by atoms with van der Waals surface area (Å²) in [5, 5.41) is 5.49. The van der Waals surface area contributed by atoms with E-state index in [1.54, 1.807) is 18.5 Å². The van der Waals surface area contributed by atoms with Crippen molar-refractivity contribution in [1.82, 2.24) is 5.32 Å². The van der Waals surface area contributed by atoms with Gasteiger partial charge in [-0.05, 0) is 13.2 Å². The van der Waals surface area contributed by atoms with Gasteiger partial charge in [-0.1, -0.05) is 5.16 Å². The lowest BCUT2D eigenvalue weighted by molar-refractivity contribution is 0.153. The number of hydrogen-bond acceptors (Lipinski definition) is 4. The lowest BCUT2D eigenvalue weighted by Crippen LogP contribution is -2.16. The smallest absolute Gasteiger partial charge is 0.323 e. The van der Waals surface area contributed by atoms with E-state index in [4.69, 9.17) is 4.11 Å². The molecule has 0 aliphatic carbocycles. The van der Waals surface area contributed by atoms with Gasteiger partial charge in [0.1, 0.15) is 5.04 Å². The first-order valence-electron chi connectivity index (χ1n) is 3.93. The van der Waals surface area contributed by atoms with E-state index in [-0.39, 0.29) is 0 Å². The Bertz CT molecular complexity index is 216. The maximum absolute atomic E-state index is 10.7. The van der Waals surface area contributed by atoms with Crippen LogP contribution in [0.5, 0.6) is 0 Å². The van der Waals surface area contributed by atoms with Gasteiger partial charge in [0.15, 0.2) is 0 Å². The third kappa shape index (κ3) is 4.20. The molecule has 0 aromatic rings. The summed E-state index contributed by atoms with van der Waals surface area (Å²) in [6.07, 6.45) is 0.664. The molecule has 0 spiro atoms. The standard InChI is InChI=1S/C5H10N2O2S/c1-4(10-3)7-9-5(8)6-2/h1-3H3,(H,6,8)/b7-4+/i2D3. The van der Waals surface area contributed by atoms with Crippen LogP contribution in [0.3, 0.4) is 0 Å². The van der Waals surface area contributed by atoms with Gasteiger partial charge in [0.2, 0.25) is 0 Å². The SMILES string of the molecule is [2H]C([2H])([2H])NC(=O)O/N=C(\C)SC. The number of nitrogens with one attached hydrogen (secondary N) is 1. The highest BCUT2D eigenvalue weighted by Crippen LogP contribution is 1.96. The van der Waals surface area contributed by atoms with Gasteiger partial charge in [0.25, 0.3) is 0 Å². The average Bonchev–Trinajstić information content (AvgIpc) is 1.97. The zero-order chi connectivity index (χ0) is 10.5. The first-order valence-corrected chi connectivity index (χ1v) is 3.65. The normalized spacial score (nSPS) is 16.6. The van der Waals surface area contributed by atoms with Gasteiger partial charge in [-0.25, -0.2) is 4.79 Å². The maximum Gasteiger partial charge on any atom is 0.433 e. The molecule has 1 amide bonds. The number of hydrogen-bond donors (Lipinski definition) is 1. The number of rotatable bonds is 1. The van der Waals surface area contributed by atoms with Crippen LogP contribution in [0.25, 0.3) is 0 Å². The van der Waals surface area contributed by atoms with Gasteiger partial charge >= 0.3 is 6.09 Å². The second-order valence-corrected chi connectivity index (χ2v) is 2.32. The van der Waals surface area contributed by atoms with Gasteiger partial charge < -0.3 is 5.32 Å². The van der Waals surface area contributed by atoms with E-state index in [0.29, 0.717) is 5.04 Å². The minimum atomic E-state index is -2.54. The molecule has 0 aliphatic rings. The predicted molar refractivity (Wildman–Crippen MR) is 42.2 cm³/mol. The van der Waals surface area contributed by atoms with Crippen LogP contribution in [0, 0.1) is 0 Å². The van der Waals surface area contributed by atoms with Crippen LogP contribution in [0.2, 0.25) is 0 Å². The van der Waals surface area contributed by atoms with Crippen molar-refractivity contribution in [3.05, 3.63) is 0 Å². The second-order valence-electron chi connectivity index (χ2n) is 1.32. The van der Waals surface area contributed by atoms with Crippen molar-refractivity contribution in [2.45, 2.75) is 6.92 Å². The van der Waals surface area contributed by atoms with Gasteiger partial charge in [0, 0.05) is 11.1 Å². The minimum absolute atomic E-state index is 0.528. The number of thioether (sulfide) groups is 1. The summed E-state index contributed by atoms with van der Waals surface area (Å²) in [4.78, 5) is 14.9. The van der Waals surface area contributed by atoms with Crippen molar-refractivity contribution in [1.29, 1.82) is 0 Å². The van der Waals surface area contributed by atoms with Crippen molar-refractivity contribution in [3.63, 3.8) is 0 Å². The number of carbonyl (C=O) groups excluding carboxylic acids is 1. The fraction of sp³-hybridized carbons (Fsp3) is 0.600. The Labute approximate surface area is 68.2 Å². The van der Waals surface area contributed by atoms with Crippen molar-refractivity contribution < 1.29 is 13.7 Å². The highest BCUT2D eigenvalue weighted by molar-refractivity contribution is 8.13. The zero-order valence-corrected chi connectivity index (χ0v) is 6.49. The van der Waals surface area contributed by atoms with E-state index < -0.39 is 13.1 Å². The lowest BCUT2D eigenvalue weighted by atomic mass is 10.9. The number of carbonyl (C=O) groups is 1. The molecule has 0 saturated carbocycles. The maximum atomic E-state index is 10.7. The molecule has 1 N–H and O–H groups in total. The molecule has 0 unspecified atom stereocenters. The molecule has 0 aliphatic heterocycles. The fourth-order valence-electron chi connectivity index (χ4n) is 0.166. The van der Waals surface area contributed by atoms with Crippen LogP contribution >= 0.6 is 11.8 Å². The van der Waals surface area contributed by atoms with Crippen molar-refractivity contribution in [2.24, 2.45) is 5.16 Å². The minimum Gasteiger partial charge on any atom is -0.323 e. The van der Waals surface area contributed by atoms with Crippen LogP contribution in [0.15, 0.2) is 5.16 Å². The average molecular weight is 165 g/mol. The molecule has 0 radical (unpaired) electrons. The topological polar surface area (TPSA) is 50.7 Å². The number of nitrogens with zero attached hydrogens (tertiary/aromatic N) is 1. The summed E-state index contributed by atoms with van der Waals surface area (Å²) >= 11 is 1.29. The molecule has 0 heterocycles. The summed E-state index contributed by atoms with van der Waals surface area (Å²) in [6.45, 7) is -0.910. The van der Waals surface area contributed by atoms with Gasteiger partial charge in [-0.3, -0.25) is 4.84 Å². The predicted octanol–water partition coefficient (Wildman–Crippen LogP) is 1.04. The molecule has 0 saturated heterocycles. The monoisotopic (exact) mass is 165 g/mol. The molecular formula is C5H10N2O2S. The molecule has 5 heteroatoms. The van der Waals surface area contributed by atoms with Gasteiger partial charge in [-0.2, -0.15) is 0 Å². The molecule has 10 heavy (non-hydrogen) atoms.